The van der Waals surface area contributed by atoms with Gasteiger partial charge < -0.3 is 20.1 Å². The van der Waals surface area contributed by atoms with Crippen LogP contribution in [0, 0.1) is 0 Å². The topological polar surface area (TPSA) is 93.7 Å². The number of allylic oxidation sites excluding steroid dienone is 1. The van der Waals surface area contributed by atoms with Crippen LogP contribution < -0.4 is 10.6 Å². The third kappa shape index (κ3) is 5.70. The highest BCUT2D eigenvalue weighted by Gasteiger charge is 2.32. The lowest BCUT2D eigenvalue weighted by Gasteiger charge is -2.24. The fourth-order valence-corrected chi connectivity index (χ4v) is 3.03. The molecule has 29 heavy (non-hydrogen) atoms. The van der Waals surface area contributed by atoms with Crippen molar-refractivity contribution in [1.29, 1.82) is 0 Å². The van der Waals surface area contributed by atoms with Crippen LogP contribution in [0.5, 0.6) is 0 Å². The van der Waals surface area contributed by atoms with Gasteiger partial charge in [-0.3, -0.25) is 4.79 Å². The second-order valence-electron chi connectivity index (χ2n) is 7.85. The van der Waals surface area contributed by atoms with Gasteiger partial charge in [0.1, 0.15) is 18.2 Å². The molecule has 0 radical (unpaired) electrons. The highest BCUT2D eigenvalue weighted by atomic mass is 16.6. The molecule has 2 rings (SSSR count). The van der Waals surface area contributed by atoms with Crippen molar-refractivity contribution in [2.45, 2.75) is 44.8 Å². The van der Waals surface area contributed by atoms with Crippen molar-refractivity contribution in [1.82, 2.24) is 10.6 Å². The number of hydrogen-bond donors (Lipinski definition) is 2. The minimum Gasteiger partial charge on any atom is -0.458 e. The summed E-state index contributed by atoms with van der Waals surface area (Å²) in [5, 5.41) is 4.85. The van der Waals surface area contributed by atoms with Crippen LogP contribution in [-0.4, -0.2) is 43.3 Å². The maximum absolute atomic E-state index is 12.4. The van der Waals surface area contributed by atoms with Gasteiger partial charge in [-0.05, 0) is 43.0 Å². The molecular weight excluding hydrogens is 372 g/mol. The lowest BCUT2D eigenvalue weighted by Crippen LogP contribution is -2.46. The van der Waals surface area contributed by atoms with Crippen LogP contribution in [0.3, 0.4) is 0 Å². The number of benzene rings is 1. The number of rotatable bonds is 6. The molecule has 1 aliphatic rings. The molecule has 0 fully saturated rings. The van der Waals surface area contributed by atoms with Gasteiger partial charge in [0.2, 0.25) is 5.91 Å². The van der Waals surface area contributed by atoms with Crippen molar-refractivity contribution >= 4 is 23.5 Å². The zero-order valence-electron chi connectivity index (χ0n) is 17.3. The molecule has 2 atom stereocenters. The first kappa shape index (κ1) is 22.2. The molecule has 156 valence electrons. The van der Waals surface area contributed by atoms with Gasteiger partial charge in [-0.15, -0.1) is 0 Å². The van der Waals surface area contributed by atoms with Crippen molar-refractivity contribution in [2.24, 2.45) is 0 Å². The third-order valence-corrected chi connectivity index (χ3v) is 4.50. The quantitative estimate of drug-likeness (QED) is 0.716. The Morgan fingerprint density at radius 1 is 1.17 bits per heavy atom. The van der Waals surface area contributed by atoms with Crippen molar-refractivity contribution < 1.29 is 23.9 Å². The number of esters is 1. The number of alkyl carbamates (subject to hydrolysis) is 1. The molecule has 0 heterocycles. The molecule has 2 N–H and O–H groups in total. The number of amides is 2. The van der Waals surface area contributed by atoms with Crippen LogP contribution in [0.25, 0.3) is 5.57 Å². The maximum Gasteiger partial charge on any atom is 0.407 e. The molecule has 0 spiro atoms. The predicted octanol–water partition coefficient (Wildman–Crippen LogP) is 2.93. The average Bonchev–Trinajstić information content (AvgIpc) is 2.89. The van der Waals surface area contributed by atoms with Gasteiger partial charge in [0.15, 0.2) is 0 Å². The Hall–Kier alpha value is -3.09. The summed E-state index contributed by atoms with van der Waals surface area (Å²) in [5.41, 5.74) is 2.82. The van der Waals surface area contributed by atoms with E-state index in [-0.39, 0.29) is 18.9 Å². The van der Waals surface area contributed by atoms with Crippen molar-refractivity contribution in [3.63, 3.8) is 0 Å². The van der Waals surface area contributed by atoms with Gasteiger partial charge in [0, 0.05) is 13.0 Å². The second-order valence-corrected chi connectivity index (χ2v) is 7.85. The number of nitrogens with one attached hydrogen (secondary N) is 2. The zero-order chi connectivity index (χ0) is 21.8. The lowest BCUT2D eigenvalue weighted by molar-refractivity contribution is -0.158. The molecule has 0 aromatic heterocycles. The molecule has 1 aliphatic carbocycles. The van der Waals surface area contributed by atoms with Gasteiger partial charge in [0.25, 0.3) is 0 Å². The van der Waals surface area contributed by atoms with Gasteiger partial charge in [0.05, 0.1) is 6.42 Å². The summed E-state index contributed by atoms with van der Waals surface area (Å²) in [5.74, 6) is -1.32. The highest BCUT2D eigenvalue weighted by molar-refractivity contribution is 5.88. The van der Waals surface area contributed by atoms with Gasteiger partial charge in [-0.25, -0.2) is 9.59 Å². The molecule has 0 saturated heterocycles. The Kier molecular flexibility index (Phi) is 6.84. The smallest absolute Gasteiger partial charge is 0.407 e. The summed E-state index contributed by atoms with van der Waals surface area (Å²) < 4.78 is 10.6. The fourth-order valence-electron chi connectivity index (χ4n) is 3.03. The predicted molar refractivity (Wildman–Crippen MR) is 110 cm³/mol. The molecule has 7 nitrogen and oxygen atoms in total. The summed E-state index contributed by atoms with van der Waals surface area (Å²) in [4.78, 5) is 36.4. The number of carbonyl (C=O) groups is 3. The van der Waals surface area contributed by atoms with Crippen LogP contribution in [0.15, 0.2) is 43.0 Å². The Bertz CT molecular complexity index is 838. The summed E-state index contributed by atoms with van der Waals surface area (Å²) >= 11 is 0. The van der Waals surface area contributed by atoms with Gasteiger partial charge in [-0.2, -0.15) is 0 Å². The Balaban J connectivity index is 2.03. The van der Waals surface area contributed by atoms with Crippen LogP contribution in [0.4, 0.5) is 4.79 Å². The molecule has 1 unspecified atom stereocenters. The van der Waals surface area contributed by atoms with Crippen molar-refractivity contribution in [3.05, 3.63) is 54.1 Å². The Morgan fingerprint density at radius 3 is 2.45 bits per heavy atom. The number of carbonyl (C=O) groups excluding carboxylic acids is 3. The van der Waals surface area contributed by atoms with E-state index in [1.54, 1.807) is 20.8 Å². The molecule has 7 heteroatoms. The van der Waals surface area contributed by atoms with E-state index in [4.69, 9.17) is 9.47 Å². The SMILES string of the molecule is C=C1C(=C)C(COC(=O)N[C@H](CC(=O)NC)C(=O)OC(C)(C)C)c2ccccc21. The van der Waals surface area contributed by atoms with E-state index in [1.165, 1.54) is 7.05 Å². The van der Waals surface area contributed by atoms with Crippen LogP contribution >= 0.6 is 0 Å². The molecular formula is C22H28N2O5. The van der Waals surface area contributed by atoms with E-state index in [0.717, 1.165) is 22.3 Å². The monoisotopic (exact) mass is 400 g/mol. The van der Waals surface area contributed by atoms with Gasteiger partial charge >= 0.3 is 12.1 Å². The van der Waals surface area contributed by atoms with Gasteiger partial charge in [-0.1, -0.05) is 37.4 Å². The normalized spacial score (nSPS) is 16.6. The van der Waals surface area contributed by atoms with Crippen molar-refractivity contribution in [2.75, 3.05) is 13.7 Å². The first-order valence-corrected chi connectivity index (χ1v) is 9.37. The van der Waals surface area contributed by atoms with Crippen LogP contribution in [0.1, 0.15) is 44.2 Å². The van der Waals surface area contributed by atoms with E-state index < -0.39 is 29.6 Å². The third-order valence-electron chi connectivity index (χ3n) is 4.50. The number of ether oxygens (including phenoxy) is 2. The number of hydrogen-bond acceptors (Lipinski definition) is 5. The molecule has 1 aromatic rings. The zero-order valence-corrected chi connectivity index (χ0v) is 17.3. The highest BCUT2D eigenvalue weighted by Crippen LogP contribution is 2.43. The summed E-state index contributed by atoms with van der Waals surface area (Å²) in [6.07, 6.45) is -1.07. The largest absolute Gasteiger partial charge is 0.458 e. The standard InChI is InChI=1S/C22H28N2O5/c1-13-14(2)17(16-10-8-7-9-15(13)16)12-28-21(27)24-18(11-19(25)23-6)20(26)29-22(3,4)5/h7-10,17-18H,1-2,11-12H2,3-6H3,(H,23,25)(H,24,27)/t17?,18-/m1/s1. The minimum atomic E-state index is -1.16. The van der Waals surface area contributed by atoms with Crippen LogP contribution in [0.2, 0.25) is 0 Å². The molecule has 0 saturated carbocycles. The average molecular weight is 400 g/mol. The summed E-state index contributed by atoms with van der Waals surface area (Å²) in [7, 11) is 1.45. The Labute approximate surface area is 171 Å². The van der Waals surface area contributed by atoms with Crippen LogP contribution in [-0.2, 0) is 19.1 Å². The molecule has 1 aromatic carbocycles. The minimum absolute atomic E-state index is 0.0434. The van der Waals surface area contributed by atoms with E-state index in [2.05, 4.69) is 23.8 Å². The first-order chi connectivity index (χ1) is 13.5. The summed E-state index contributed by atoms with van der Waals surface area (Å²) in [6.45, 7) is 13.2. The first-order valence-electron chi connectivity index (χ1n) is 9.37. The maximum atomic E-state index is 12.4. The van der Waals surface area contributed by atoms with Crippen molar-refractivity contribution in [3.8, 4) is 0 Å². The summed E-state index contributed by atoms with van der Waals surface area (Å²) in [6, 6.07) is 6.55. The van der Waals surface area contributed by atoms with E-state index in [9.17, 15) is 14.4 Å². The van der Waals surface area contributed by atoms with E-state index in [0.29, 0.717) is 0 Å². The molecule has 0 bridgehead atoms. The lowest BCUT2D eigenvalue weighted by atomic mass is 10.00. The Morgan fingerprint density at radius 2 is 1.83 bits per heavy atom. The number of fused-ring (bicyclic) bond motifs is 1. The fraction of sp³-hybridized carbons (Fsp3) is 0.409. The molecule has 0 aliphatic heterocycles. The molecule has 2 amide bonds. The second kappa shape index (κ2) is 8.94. The van der Waals surface area contributed by atoms with E-state index >= 15 is 0 Å². The van der Waals surface area contributed by atoms with E-state index in [1.807, 2.05) is 24.3 Å².